The Balaban J connectivity index is 1.87. The minimum absolute atomic E-state index is 0.181. The van der Waals surface area contributed by atoms with Gasteiger partial charge in [-0.2, -0.15) is 0 Å². The Hall–Kier alpha value is -3.21. The van der Waals surface area contributed by atoms with Crippen LogP contribution in [0.3, 0.4) is 0 Å². The number of carbonyl (C=O) groups excluding carboxylic acids is 1. The average Bonchev–Trinajstić information content (AvgIpc) is 2.68. The maximum atomic E-state index is 13.0. The standard InChI is InChI=1S/C21H21N3O2/c1-2-16-5-7-17(8-6-16)14-24(15-18-4-3-10-22-13-18)21(26)19-9-11-23-20(25)12-19/h3-13H,2,14-15H2,1H3,(H,23,25). The SMILES string of the molecule is CCc1ccc(CN(Cc2cccnc2)C(=O)c2cc[nH]c(=O)c2)cc1. The van der Waals surface area contributed by atoms with E-state index >= 15 is 0 Å². The zero-order valence-electron chi connectivity index (χ0n) is 14.7. The molecule has 1 N–H and O–H groups in total. The molecule has 5 heteroatoms. The van der Waals surface area contributed by atoms with Gasteiger partial charge in [-0.1, -0.05) is 37.3 Å². The summed E-state index contributed by atoms with van der Waals surface area (Å²) < 4.78 is 0. The summed E-state index contributed by atoms with van der Waals surface area (Å²) in [6, 6.07) is 15.0. The molecule has 0 spiro atoms. The predicted octanol–water partition coefficient (Wildman–Crippen LogP) is 3.17. The van der Waals surface area contributed by atoms with Crippen molar-refractivity contribution in [2.45, 2.75) is 26.4 Å². The van der Waals surface area contributed by atoms with Gasteiger partial charge in [-0.25, -0.2) is 0 Å². The number of aromatic amines is 1. The summed E-state index contributed by atoms with van der Waals surface area (Å²) in [5.41, 5.74) is 3.33. The fourth-order valence-electron chi connectivity index (χ4n) is 2.77. The molecule has 0 atom stereocenters. The summed E-state index contributed by atoms with van der Waals surface area (Å²) in [6.45, 7) is 3.00. The topological polar surface area (TPSA) is 66.1 Å². The first-order valence-electron chi connectivity index (χ1n) is 8.60. The van der Waals surface area contributed by atoms with Crippen molar-refractivity contribution in [2.24, 2.45) is 0 Å². The number of H-pyrrole nitrogens is 1. The second-order valence-corrected chi connectivity index (χ2v) is 6.13. The zero-order chi connectivity index (χ0) is 18.4. The van der Waals surface area contributed by atoms with Crippen LogP contribution in [0, 0.1) is 0 Å². The van der Waals surface area contributed by atoms with E-state index in [4.69, 9.17) is 0 Å². The Labute approximate surface area is 152 Å². The molecule has 0 bridgehead atoms. The number of nitrogens with zero attached hydrogens (tertiary/aromatic N) is 2. The van der Waals surface area contributed by atoms with Crippen molar-refractivity contribution < 1.29 is 4.79 Å². The molecule has 0 aliphatic rings. The molecule has 0 aliphatic carbocycles. The molecule has 0 unspecified atom stereocenters. The van der Waals surface area contributed by atoms with Gasteiger partial charge in [0, 0.05) is 43.3 Å². The van der Waals surface area contributed by atoms with Crippen LogP contribution in [-0.2, 0) is 19.5 Å². The molecule has 1 aromatic carbocycles. The maximum Gasteiger partial charge on any atom is 0.254 e. The number of hydrogen-bond donors (Lipinski definition) is 1. The lowest BCUT2D eigenvalue weighted by atomic mass is 10.1. The molecule has 3 aromatic rings. The minimum atomic E-state index is -0.288. The number of rotatable bonds is 6. The summed E-state index contributed by atoms with van der Waals surface area (Å²) in [6.07, 6.45) is 5.92. The summed E-state index contributed by atoms with van der Waals surface area (Å²) in [5, 5.41) is 0. The quantitative estimate of drug-likeness (QED) is 0.745. The lowest BCUT2D eigenvalue weighted by Gasteiger charge is -2.23. The van der Waals surface area contributed by atoms with Crippen LogP contribution < -0.4 is 5.56 Å². The summed E-state index contributed by atoms with van der Waals surface area (Å²) in [4.78, 5) is 32.9. The molecule has 1 amide bonds. The summed E-state index contributed by atoms with van der Waals surface area (Å²) in [7, 11) is 0. The van der Waals surface area contributed by atoms with Gasteiger partial charge >= 0.3 is 0 Å². The highest BCUT2D eigenvalue weighted by atomic mass is 16.2. The summed E-state index contributed by atoms with van der Waals surface area (Å²) in [5.74, 6) is -0.181. The number of hydrogen-bond acceptors (Lipinski definition) is 3. The number of pyridine rings is 2. The first-order chi connectivity index (χ1) is 12.7. The lowest BCUT2D eigenvalue weighted by Crippen LogP contribution is -2.31. The van der Waals surface area contributed by atoms with Crippen molar-refractivity contribution in [2.75, 3.05) is 0 Å². The molecule has 132 valence electrons. The third kappa shape index (κ3) is 4.45. The van der Waals surface area contributed by atoms with Crippen LogP contribution in [0.5, 0.6) is 0 Å². The van der Waals surface area contributed by atoms with Gasteiger partial charge in [0.05, 0.1) is 0 Å². The Morgan fingerprint density at radius 3 is 2.42 bits per heavy atom. The van der Waals surface area contributed by atoms with Gasteiger partial charge in [-0.15, -0.1) is 0 Å². The van der Waals surface area contributed by atoms with Crippen LogP contribution >= 0.6 is 0 Å². The van der Waals surface area contributed by atoms with E-state index in [9.17, 15) is 9.59 Å². The normalized spacial score (nSPS) is 10.5. The molecule has 26 heavy (non-hydrogen) atoms. The predicted molar refractivity (Wildman–Crippen MR) is 101 cm³/mol. The number of nitrogens with one attached hydrogen (secondary N) is 1. The van der Waals surface area contributed by atoms with Crippen molar-refractivity contribution in [3.63, 3.8) is 0 Å². The number of aromatic nitrogens is 2. The van der Waals surface area contributed by atoms with E-state index in [1.165, 1.54) is 17.8 Å². The first-order valence-corrected chi connectivity index (χ1v) is 8.60. The number of benzene rings is 1. The average molecular weight is 347 g/mol. The lowest BCUT2D eigenvalue weighted by molar-refractivity contribution is 0.0729. The Morgan fingerprint density at radius 1 is 1.04 bits per heavy atom. The molecule has 0 aliphatic heterocycles. The van der Waals surface area contributed by atoms with Crippen LogP contribution in [0.2, 0.25) is 0 Å². The van der Waals surface area contributed by atoms with Gasteiger partial charge in [-0.05, 0) is 35.2 Å². The zero-order valence-corrected chi connectivity index (χ0v) is 14.7. The Morgan fingerprint density at radius 2 is 1.77 bits per heavy atom. The van der Waals surface area contributed by atoms with Crippen LogP contribution in [0.15, 0.2) is 71.9 Å². The van der Waals surface area contributed by atoms with Gasteiger partial charge in [0.2, 0.25) is 5.56 Å². The van der Waals surface area contributed by atoms with Crippen molar-refractivity contribution in [1.82, 2.24) is 14.9 Å². The smallest absolute Gasteiger partial charge is 0.254 e. The third-order valence-corrected chi connectivity index (χ3v) is 4.21. The number of amides is 1. The molecular weight excluding hydrogens is 326 g/mol. The molecule has 0 saturated heterocycles. The van der Waals surface area contributed by atoms with Gasteiger partial charge in [-0.3, -0.25) is 14.6 Å². The van der Waals surface area contributed by atoms with E-state index in [1.807, 2.05) is 24.3 Å². The molecular formula is C21H21N3O2. The van der Waals surface area contributed by atoms with Crippen molar-refractivity contribution in [3.8, 4) is 0 Å². The van der Waals surface area contributed by atoms with Crippen molar-refractivity contribution in [1.29, 1.82) is 0 Å². The van der Waals surface area contributed by atoms with Crippen molar-refractivity contribution >= 4 is 5.91 Å². The van der Waals surface area contributed by atoms with E-state index in [1.54, 1.807) is 23.4 Å². The van der Waals surface area contributed by atoms with E-state index in [0.717, 1.165) is 17.5 Å². The number of aryl methyl sites for hydroxylation is 1. The van der Waals surface area contributed by atoms with E-state index in [-0.39, 0.29) is 11.5 Å². The van der Waals surface area contributed by atoms with E-state index < -0.39 is 0 Å². The van der Waals surface area contributed by atoms with Crippen LogP contribution in [0.1, 0.15) is 34.0 Å². The maximum absolute atomic E-state index is 13.0. The van der Waals surface area contributed by atoms with Crippen LogP contribution in [-0.4, -0.2) is 20.8 Å². The third-order valence-electron chi connectivity index (χ3n) is 4.21. The molecule has 0 fully saturated rings. The Kier molecular flexibility index (Phi) is 5.59. The molecule has 2 aromatic heterocycles. The van der Waals surface area contributed by atoms with Gasteiger partial charge in [0.1, 0.15) is 0 Å². The monoisotopic (exact) mass is 347 g/mol. The molecule has 3 rings (SSSR count). The highest BCUT2D eigenvalue weighted by molar-refractivity contribution is 5.94. The molecule has 0 saturated carbocycles. The molecule has 0 radical (unpaired) electrons. The highest BCUT2D eigenvalue weighted by Crippen LogP contribution is 2.14. The van der Waals surface area contributed by atoms with Gasteiger partial charge < -0.3 is 9.88 Å². The Bertz CT molecular complexity index is 918. The van der Waals surface area contributed by atoms with Gasteiger partial charge in [0.15, 0.2) is 0 Å². The fraction of sp³-hybridized carbons (Fsp3) is 0.190. The van der Waals surface area contributed by atoms with E-state index in [0.29, 0.717) is 18.7 Å². The summed E-state index contributed by atoms with van der Waals surface area (Å²) >= 11 is 0. The fourth-order valence-corrected chi connectivity index (χ4v) is 2.77. The second-order valence-electron chi connectivity index (χ2n) is 6.13. The van der Waals surface area contributed by atoms with Crippen LogP contribution in [0.25, 0.3) is 0 Å². The van der Waals surface area contributed by atoms with Crippen LogP contribution in [0.4, 0.5) is 0 Å². The molecule has 2 heterocycles. The second kappa shape index (κ2) is 8.25. The largest absolute Gasteiger partial charge is 0.330 e. The molecule has 5 nitrogen and oxygen atoms in total. The van der Waals surface area contributed by atoms with E-state index in [2.05, 4.69) is 29.0 Å². The first kappa shape index (κ1) is 17.6. The van der Waals surface area contributed by atoms with Gasteiger partial charge in [0.25, 0.3) is 5.91 Å². The minimum Gasteiger partial charge on any atom is -0.330 e. The highest BCUT2D eigenvalue weighted by Gasteiger charge is 2.17. The van der Waals surface area contributed by atoms with Crippen molar-refractivity contribution in [3.05, 3.63) is 99.7 Å². The number of carbonyl (C=O) groups is 1.